The predicted molar refractivity (Wildman–Crippen MR) is 103 cm³/mol. The van der Waals surface area contributed by atoms with Crippen LogP contribution < -0.4 is 14.8 Å². The second kappa shape index (κ2) is 10.2. The van der Waals surface area contributed by atoms with Crippen LogP contribution in [-0.4, -0.2) is 30.2 Å². The molecule has 2 aromatic rings. The summed E-state index contributed by atoms with van der Waals surface area (Å²) < 4.78 is 11.0. The van der Waals surface area contributed by atoms with Gasteiger partial charge in [0.1, 0.15) is 11.5 Å². The minimum Gasteiger partial charge on any atom is -0.494 e. The van der Waals surface area contributed by atoms with Gasteiger partial charge in [-0.25, -0.2) is 0 Å². The standard InChI is InChI=1S/C21H25NO5/c1-3-12-26-18-8-10-19(11-9-18)27-14-20(23)22-17-6-4-16(5-7-17)13-15(2)21(24)25/h4-11,15H,3,12-14H2,1-2H3,(H,22,23)(H,24,25). The van der Waals surface area contributed by atoms with Gasteiger partial charge in [-0.05, 0) is 54.8 Å². The number of carboxylic acids is 1. The van der Waals surface area contributed by atoms with Crippen molar-refractivity contribution in [2.75, 3.05) is 18.5 Å². The molecule has 27 heavy (non-hydrogen) atoms. The van der Waals surface area contributed by atoms with Crippen LogP contribution in [0.2, 0.25) is 0 Å². The van der Waals surface area contributed by atoms with Gasteiger partial charge < -0.3 is 19.9 Å². The molecule has 0 radical (unpaired) electrons. The number of amides is 1. The average molecular weight is 371 g/mol. The third-order valence-electron chi connectivity index (χ3n) is 3.87. The Morgan fingerprint density at radius 2 is 1.59 bits per heavy atom. The Hall–Kier alpha value is -3.02. The van der Waals surface area contributed by atoms with E-state index in [1.165, 1.54) is 0 Å². The highest BCUT2D eigenvalue weighted by Gasteiger charge is 2.11. The van der Waals surface area contributed by atoms with E-state index in [0.29, 0.717) is 24.5 Å². The van der Waals surface area contributed by atoms with Crippen LogP contribution in [0.15, 0.2) is 48.5 Å². The lowest BCUT2D eigenvalue weighted by molar-refractivity contribution is -0.141. The van der Waals surface area contributed by atoms with Crippen molar-refractivity contribution in [3.05, 3.63) is 54.1 Å². The largest absolute Gasteiger partial charge is 0.494 e. The van der Waals surface area contributed by atoms with Gasteiger partial charge in [-0.2, -0.15) is 0 Å². The summed E-state index contributed by atoms with van der Waals surface area (Å²) in [6.07, 6.45) is 1.39. The fourth-order valence-corrected chi connectivity index (χ4v) is 2.36. The van der Waals surface area contributed by atoms with E-state index in [1.54, 1.807) is 43.3 Å². The number of hydrogen-bond donors (Lipinski definition) is 2. The van der Waals surface area contributed by atoms with E-state index in [0.717, 1.165) is 17.7 Å². The van der Waals surface area contributed by atoms with Crippen LogP contribution in [-0.2, 0) is 16.0 Å². The third kappa shape index (κ3) is 7.01. The molecule has 2 aromatic carbocycles. The Morgan fingerprint density at radius 1 is 1.00 bits per heavy atom. The van der Waals surface area contributed by atoms with Gasteiger partial charge in [-0.1, -0.05) is 26.0 Å². The molecule has 2 rings (SSSR count). The summed E-state index contributed by atoms with van der Waals surface area (Å²) in [5.41, 5.74) is 1.54. The zero-order valence-corrected chi connectivity index (χ0v) is 15.6. The molecular formula is C21H25NO5. The summed E-state index contributed by atoms with van der Waals surface area (Å²) >= 11 is 0. The molecule has 0 spiro atoms. The second-order valence-corrected chi connectivity index (χ2v) is 6.30. The van der Waals surface area contributed by atoms with Crippen molar-refractivity contribution in [3.63, 3.8) is 0 Å². The first kappa shape index (κ1) is 20.3. The molecule has 0 fully saturated rings. The maximum Gasteiger partial charge on any atom is 0.306 e. The highest BCUT2D eigenvalue weighted by atomic mass is 16.5. The lowest BCUT2D eigenvalue weighted by Gasteiger charge is -2.10. The number of ether oxygens (including phenoxy) is 2. The molecule has 0 saturated carbocycles. The zero-order chi connectivity index (χ0) is 19.6. The summed E-state index contributed by atoms with van der Waals surface area (Å²) in [7, 11) is 0. The Morgan fingerprint density at radius 3 is 2.15 bits per heavy atom. The SMILES string of the molecule is CCCOc1ccc(OCC(=O)Nc2ccc(CC(C)C(=O)O)cc2)cc1. The van der Waals surface area contributed by atoms with E-state index in [9.17, 15) is 9.59 Å². The summed E-state index contributed by atoms with van der Waals surface area (Å²) in [6.45, 7) is 4.27. The molecule has 6 nitrogen and oxygen atoms in total. The molecule has 1 atom stereocenters. The molecule has 1 amide bonds. The zero-order valence-electron chi connectivity index (χ0n) is 15.6. The summed E-state index contributed by atoms with van der Waals surface area (Å²) in [5, 5.41) is 11.7. The van der Waals surface area contributed by atoms with E-state index in [2.05, 4.69) is 5.32 Å². The first-order chi connectivity index (χ1) is 13.0. The monoisotopic (exact) mass is 371 g/mol. The molecular weight excluding hydrogens is 346 g/mol. The van der Waals surface area contributed by atoms with E-state index in [4.69, 9.17) is 14.6 Å². The number of carbonyl (C=O) groups is 2. The highest BCUT2D eigenvalue weighted by Crippen LogP contribution is 2.18. The van der Waals surface area contributed by atoms with Crippen LogP contribution in [0, 0.1) is 5.92 Å². The smallest absolute Gasteiger partial charge is 0.306 e. The molecule has 0 aliphatic heterocycles. The Labute approximate surface area is 159 Å². The van der Waals surface area contributed by atoms with Gasteiger partial charge in [0, 0.05) is 5.69 Å². The van der Waals surface area contributed by atoms with Crippen molar-refractivity contribution in [1.29, 1.82) is 0 Å². The third-order valence-corrected chi connectivity index (χ3v) is 3.87. The van der Waals surface area contributed by atoms with Crippen LogP contribution in [0.3, 0.4) is 0 Å². The average Bonchev–Trinajstić information content (AvgIpc) is 2.67. The lowest BCUT2D eigenvalue weighted by Crippen LogP contribution is -2.20. The molecule has 0 aliphatic carbocycles. The fraction of sp³-hybridized carbons (Fsp3) is 0.333. The molecule has 0 aromatic heterocycles. The van der Waals surface area contributed by atoms with Gasteiger partial charge in [-0.3, -0.25) is 9.59 Å². The second-order valence-electron chi connectivity index (χ2n) is 6.30. The number of nitrogens with one attached hydrogen (secondary N) is 1. The molecule has 6 heteroatoms. The first-order valence-electron chi connectivity index (χ1n) is 8.95. The number of benzene rings is 2. The highest BCUT2D eigenvalue weighted by molar-refractivity contribution is 5.91. The number of carbonyl (C=O) groups excluding carboxylic acids is 1. The van der Waals surface area contributed by atoms with Gasteiger partial charge in [0.15, 0.2) is 6.61 Å². The molecule has 2 N–H and O–H groups in total. The van der Waals surface area contributed by atoms with E-state index in [-0.39, 0.29) is 12.5 Å². The van der Waals surface area contributed by atoms with Crippen LogP contribution in [0.5, 0.6) is 11.5 Å². The molecule has 0 heterocycles. The van der Waals surface area contributed by atoms with E-state index in [1.807, 2.05) is 19.1 Å². The van der Waals surface area contributed by atoms with Crippen LogP contribution in [0.4, 0.5) is 5.69 Å². The Kier molecular flexibility index (Phi) is 7.67. The molecule has 0 aliphatic rings. The number of anilines is 1. The summed E-state index contributed by atoms with van der Waals surface area (Å²) in [6, 6.07) is 14.3. The van der Waals surface area contributed by atoms with Crippen LogP contribution >= 0.6 is 0 Å². The van der Waals surface area contributed by atoms with Crippen LogP contribution in [0.25, 0.3) is 0 Å². The number of hydrogen-bond acceptors (Lipinski definition) is 4. The first-order valence-corrected chi connectivity index (χ1v) is 8.95. The lowest BCUT2D eigenvalue weighted by atomic mass is 10.0. The van der Waals surface area contributed by atoms with Gasteiger partial charge in [0.25, 0.3) is 5.91 Å². The number of rotatable bonds is 10. The van der Waals surface area contributed by atoms with Gasteiger partial charge >= 0.3 is 5.97 Å². The van der Waals surface area contributed by atoms with Crippen molar-refractivity contribution >= 4 is 17.6 Å². The molecule has 144 valence electrons. The van der Waals surface area contributed by atoms with Crippen molar-refractivity contribution in [3.8, 4) is 11.5 Å². The van der Waals surface area contributed by atoms with Crippen molar-refractivity contribution in [2.45, 2.75) is 26.7 Å². The van der Waals surface area contributed by atoms with E-state index >= 15 is 0 Å². The quantitative estimate of drug-likeness (QED) is 0.664. The minimum absolute atomic E-state index is 0.104. The van der Waals surface area contributed by atoms with Crippen molar-refractivity contribution in [1.82, 2.24) is 0 Å². The fourth-order valence-electron chi connectivity index (χ4n) is 2.36. The van der Waals surface area contributed by atoms with Crippen molar-refractivity contribution in [2.24, 2.45) is 5.92 Å². The number of carboxylic acid groups (broad SMARTS) is 1. The predicted octanol–water partition coefficient (Wildman–Crippen LogP) is 3.76. The normalized spacial score (nSPS) is 11.5. The van der Waals surface area contributed by atoms with Crippen LogP contribution in [0.1, 0.15) is 25.8 Å². The van der Waals surface area contributed by atoms with Gasteiger partial charge in [-0.15, -0.1) is 0 Å². The maximum absolute atomic E-state index is 12.0. The maximum atomic E-state index is 12.0. The topological polar surface area (TPSA) is 84.9 Å². The minimum atomic E-state index is -0.825. The van der Waals surface area contributed by atoms with Gasteiger partial charge in [0.05, 0.1) is 12.5 Å². The van der Waals surface area contributed by atoms with Crippen molar-refractivity contribution < 1.29 is 24.2 Å². The molecule has 1 unspecified atom stereocenters. The van der Waals surface area contributed by atoms with Gasteiger partial charge in [0.2, 0.25) is 0 Å². The molecule has 0 bridgehead atoms. The summed E-state index contributed by atoms with van der Waals surface area (Å²) in [5.74, 6) is -0.182. The summed E-state index contributed by atoms with van der Waals surface area (Å²) in [4.78, 5) is 22.9. The van der Waals surface area contributed by atoms with E-state index < -0.39 is 11.9 Å². The Bertz CT molecular complexity index is 740. The molecule has 0 saturated heterocycles. The number of aliphatic carboxylic acids is 1. The Balaban J connectivity index is 1.79.